The highest BCUT2D eigenvalue weighted by molar-refractivity contribution is 7.93. The maximum atomic E-state index is 12.3. The molecule has 0 bridgehead atoms. The molecule has 1 aromatic carbocycles. The van der Waals surface area contributed by atoms with Crippen molar-refractivity contribution < 1.29 is 23.4 Å². The van der Waals surface area contributed by atoms with Gasteiger partial charge in [0, 0.05) is 5.69 Å². The van der Waals surface area contributed by atoms with Gasteiger partial charge in [-0.2, -0.15) is 0 Å². The van der Waals surface area contributed by atoms with Gasteiger partial charge in [0.1, 0.15) is 15.5 Å². The number of rotatable bonds is 4. The van der Waals surface area contributed by atoms with Crippen LogP contribution in [0.15, 0.2) is 34.5 Å². The molecular formula is C12H11NO5S2. The molecule has 0 unspecified atom stereocenters. The minimum absolute atomic E-state index is 0.00545. The van der Waals surface area contributed by atoms with Crippen LogP contribution in [0, 0.1) is 6.92 Å². The second-order valence-corrected chi connectivity index (χ2v) is 6.53. The molecule has 0 aliphatic rings. The number of phenols is 1. The van der Waals surface area contributed by atoms with Crippen LogP contribution >= 0.6 is 11.3 Å². The van der Waals surface area contributed by atoms with Crippen LogP contribution in [-0.4, -0.2) is 24.6 Å². The van der Waals surface area contributed by atoms with Crippen molar-refractivity contribution in [2.24, 2.45) is 0 Å². The van der Waals surface area contributed by atoms with E-state index < -0.39 is 16.0 Å². The Labute approximate surface area is 119 Å². The highest BCUT2D eigenvalue weighted by Crippen LogP contribution is 2.28. The Morgan fingerprint density at radius 3 is 2.40 bits per heavy atom. The Hall–Kier alpha value is -2.06. The summed E-state index contributed by atoms with van der Waals surface area (Å²) < 4.78 is 26.8. The SMILES string of the molecule is Cc1csc(C(=O)O)c1S(=O)(=O)Nc1ccc(O)cc1. The Morgan fingerprint density at radius 2 is 1.85 bits per heavy atom. The van der Waals surface area contributed by atoms with Gasteiger partial charge in [0.25, 0.3) is 10.0 Å². The molecule has 0 aliphatic heterocycles. The highest BCUT2D eigenvalue weighted by atomic mass is 32.2. The summed E-state index contributed by atoms with van der Waals surface area (Å²) in [5.74, 6) is -1.28. The van der Waals surface area contributed by atoms with Gasteiger partial charge in [-0.15, -0.1) is 11.3 Å². The average molecular weight is 313 g/mol. The third kappa shape index (κ3) is 2.75. The van der Waals surface area contributed by atoms with Crippen molar-refractivity contribution in [3.63, 3.8) is 0 Å². The van der Waals surface area contributed by atoms with E-state index in [2.05, 4.69) is 4.72 Å². The van der Waals surface area contributed by atoms with E-state index in [1.807, 2.05) is 0 Å². The number of carboxylic acids is 1. The normalized spacial score (nSPS) is 11.2. The zero-order valence-electron chi connectivity index (χ0n) is 10.3. The van der Waals surface area contributed by atoms with Gasteiger partial charge in [0.05, 0.1) is 0 Å². The number of anilines is 1. The van der Waals surface area contributed by atoms with Crippen LogP contribution < -0.4 is 4.72 Å². The lowest BCUT2D eigenvalue weighted by molar-refractivity contribution is 0.0698. The molecule has 20 heavy (non-hydrogen) atoms. The van der Waals surface area contributed by atoms with E-state index in [9.17, 15) is 13.2 Å². The number of sulfonamides is 1. The zero-order valence-corrected chi connectivity index (χ0v) is 12.0. The van der Waals surface area contributed by atoms with E-state index in [4.69, 9.17) is 10.2 Å². The summed E-state index contributed by atoms with van der Waals surface area (Å²) in [6.07, 6.45) is 0. The second kappa shape index (κ2) is 5.14. The molecule has 0 radical (unpaired) electrons. The molecule has 6 nitrogen and oxygen atoms in total. The van der Waals surface area contributed by atoms with Crippen LogP contribution in [0.4, 0.5) is 5.69 Å². The van der Waals surface area contributed by atoms with Gasteiger partial charge in [-0.3, -0.25) is 4.72 Å². The largest absolute Gasteiger partial charge is 0.508 e. The summed E-state index contributed by atoms with van der Waals surface area (Å²) in [6.45, 7) is 1.54. The fraction of sp³-hybridized carbons (Fsp3) is 0.0833. The summed E-state index contributed by atoms with van der Waals surface area (Å²) in [7, 11) is -3.99. The van der Waals surface area contributed by atoms with E-state index in [0.717, 1.165) is 11.3 Å². The molecular weight excluding hydrogens is 302 g/mol. The number of nitrogens with one attached hydrogen (secondary N) is 1. The van der Waals surface area contributed by atoms with Gasteiger partial charge in [0.2, 0.25) is 0 Å². The van der Waals surface area contributed by atoms with Gasteiger partial charge in [-0.05, 0) is 42.1 Å². The van der Waals surface area contributed by atoms with E-state index in [-0.39, 0.29) is 21.2 Å². The Bertz CT molecular complexity index is 747. The molecule has 106 valence electrons. The first-order valence-corrected chi connectivity index (χ1v) is 7.81. The smallest absolute Gasteiger partial charge is 0.347 e. The molecule has 0 spiro atoms. The molecule has 0 saturated carbocycles. The number of hydrogen-bond donors (Lipinski definition) is 3. The molecule has 2 rings (SSSR count). The number of carbonyl (C=O) groups is 1. The van der Waals surface area contributed by atoms with Crippen molar-refractivity contribution in [2.75, 3.05) is 4.72 Å². The molecule has 1 heterocycles. The molecule has 8 heteroatoms. The third-order valence-corrected chi connectivity index (χ3v) is 5.28. The van der Waals surface area contributed by atoms with Gasteiger partial charge >= 0.3 is 5.97 Å². The van der Waals surface area contributed by atoms with E-state index in [1.165, 1.54) is 36.6 Å². The fourth-order valence-electron chi connectivity index (χ4n) is 1.65. The monoisotopic (exact) mass is 313 g/mol. The van der Waals surface area contributed by atoms with Crippen LogP contribution in [0.25, 0.3) is 0 Å². The average Bonchev–Trinajstić information content (AvgIpc) is 2.75. The summed E-state index contributed by atoms with van der Waals surface area (Å²) in [4.78, 5) is 10.6. The molecule has 0 aliphatic carbocycles. The van der Waals surface area contributed by atoms with Crippen LogP contribution in [0.2, 0.25) is 0 Å². The van der Waals surface area contributed by atoms with Crippen LogP contribution in [0.1, 0.15) is 15.2 Å². The number of aromatic carboxylic acids is 1. The molecule has 1 aromatic heterocycles. The lowest BCUT2D eigenvalue weighted by Crippen LogP contribution is -2.16. The maximum Gasteiger partial charge on any atom is 0.347 e. The van der Waals surface area contributed by atoms with Crippen molar-refractivity contribution in [2.45, 2.75) is 11.8 Å². The lowest BCUT2D eigenvalue weighted by atomic mass is 10.3. The van der Waals surface area contributed by atoms with E-state index >= 15 is 0 Å². The van der Waals surface area contributed by atoms with E-state index in [0.29, 0.717) is 5.56 Å². The van der Waals surface area contributed by atoms with Crippen LogP contribution in [0.3, 0.4) is 0 Å². The molecule has 0 fully saturated rings. The number of thiophene rings is 1. The quantitative estimate of drug-likeness (QED) is 0.751. The molecule has 0 atom stereocenters. The number of phenolic OH excluding ortho intramolecular Hbond substituents is 1. The van der Waals surface area contributed by atoms with Gasteiger partial charge < -0.3 is 10.2 Å². The first-order valence-electron chi connectivity index (χ1n) is 5.44. The van der Waals surface area contributed by atoms with Crippen LogP contribution in [0.5, 0.6) is 5.75 Å². The molecule has 2 aromatic rings. The molecule has 3 N–H and O–H groups in total. The highest BCUT2D eigenvalue weighted by Gasteiger charge is 2.26. The number of benzene rings is 1. The van der Waals surface area contributed by atoms with Crippen molar-refractivity contribution in [1.82, 2.24) is 0 Å². The predicted octanol–water partition coefficient (Wildman–Crippen LogP) is 2.26. The second-order valence-electron chi connectivity index (χ2n) is 4.03. The van der Waals surface area contributed by atoms with Gasteiger partial charge in [-0.25, -0.2) is 13.2 Å². The summed E-state index contributed by atoms with van der Waals surface area (Å²) >= 11 is 0.865. The molecule has 0 amide bonds. The third-order valence-electron chi connectivity index (χ3n) is 2.50. The van der Waals surface area contributed by atoms with Crippen molar-refractivity contribution in [1.29, 1.82) is 0 Å². The fourth-order valence-corrected chi connectivity index (χ4v) is 4.34. The Morgan fingerprint density at radius 1 is 1.25 bits per heavy atom. The molecule has 0 saturated heterocycles. The summed E-state index contributed by atoms with van der Waals surface area (Å²) in [5.41, 5.74) is 0.614. The number of carboxylic acid groups (broad SMARTS) is 1. The minimum atomic E-state index is -3.99. The van der Waals surface area contributed by atoms with E-state index in [1.54, 1.807) is 0 Å². The number of aryl methyl sites for hydroxylation is 1. The van der Waals surface area contributed by atoms with Gasteiger partial charge in [-0.1, -0.05) is 0 Å². The summed E-state index contributed by atoms with van der Waals surface area (Å²) in [6, 6.07) is 5.43. The Kier molecular flexibility index (Phi) is 3.69. The Balaban J connectivity index is 2.43. The first-order chi connectivity index (χ1) is 9.31. The zero-order chi connectivity index (χ0) is 14.9. The van der Waals surface area contributed by atoms with Crippen molar-refractivity contribution in [3.8, 4) is 5.75 Å². The maximum absolute atomic E-state index is 12.3. The number of aromatic hydroxyl groups is 1. The number of hydrogen-bond acceptors (Lipinski definition) is 5. The first kappa shape index (κ1) is 14.4. The standard InChI is InChI=1S/C12H11NO5S2/c1-7-6-19-10(12(15)16)11(7)20(17,18)13-8-2-4-9(14)5-3-8/h2-6,13-14H,1H3,(H,15,16). The topological polar surface area (TPSA) is 104 Å². The van der Waals surface area contributed by atoms with Gasteiger partial charge in [0.15, 0.2) is 0 Å². The lowest BCUT2D eigenvalue weighted by Gasteiger charge is -2.09. The van der Waals surface area contributed by atoms with Crippen LogP contribution in [-0.2, 0) is 10.0 Å². The summed E-state index contributed by atoms with van der Waals surface area (Å²) in [5, 5.41) is 19.7. The van der Waals surface area contributed by atoms with Crippen molar-refractivity contribution >= 4 is 33.0 Å². The minimum Gasteiger partial charge on any atom is -0.508 e. The van der Waals surface area contributed by atoms with Crippen molar-refractivity contribution in [3.05, 3.63) is 40.1 Å². The predicted molar refractivity (Wildman–Crippen MR) is 74.9 cm³/mol.